The number of halogens is 3. The van der Waals surface area contributed by atoms with Crippen molar-refractivity contribution in [2.24, 2.45) is 0 Å². The number of hydrogen-bond donors (Lipinski definition) is 2. The minimum Gasteiger partial charge on any atom is -0.324 e. The Bertz CT molecular complexity index is 1080. The van der Waals surface area contributed by atoms with Gasteiger partial charge in [-0.1, -0.05) is 12.1 Å². The van der Waals surface area contributed by atoms with Crippen molar-refractivity contribution in [2.45, 2.75) is 12.5 Å². The maximum absolute atomic E-state index is 13.4. The molecule has 1 unspecified atom stereocenters. The molecule has 0 fully saturated rings. The van der Waals surface area contributed by atoms with Crippen LogP contribution in [0, 0.1) is 17.5 Å². The summed E-state index contributed by atoms with van der Waals surface area (Å²) in [5, 5.41) is 9.31. The van der Waals surface area contributed by atoms with Gasteiger partial charge in [0.1, 0.15) is 17.7 Å². The Morgan fingerprint density at radius 1 is 1.11 bits per heavy atom. The van der Waals surface area contributed by atoms with Crippen molar-refractivity contribution in [3.05, 3.63) is 66.1 Å². The summed E-state index contributed by atoms with van der Waals surface area (Å²) in [7, 11) is 0. The van der Waals surface area contributed by atoms with Crippen LogP contribution in [0.15, 0.2) is 48.7 Å². The van der Waals surface area contributed by atoms with Crippen LogP contribution < -0.4 is 10.6 Å². The lowest BCUT2D eigenvalue weighted by atomic mass is 10.1. The number of benzene rings is 2. The number of rotatable bonds is 3. The van der Waals surface area contributed by atoms with Crippen LogP contribution in [0.2, 0.25) is 0 Å². The Balaban J connectivity index is 1.65. The molecular formula is C19H13F3N4O2. The van der Waals surface area contributed by atoms with Crippen molar-refractivity contribution in [3.8, 4) is 11.1 Å². The van der Waals surface area contributed by atoms with E-state index < -0.39 is 35.3 Å². The first-order valence-electron chi connectivity index (χ1n) is 8.31. The third kappa shape index (κ3) is 3.22. The zero-order valence-corrected chi connectivity index (χ0v) is 14.2. The van der Waals surface area contributed by atoms with Gasteiger partial charge in [-0.3, -0.25) is 9.59 Å². The number of nitrogens with one attached hydrogen (secondary N) is 2. The highest BCUT2D eigenvalue weighted by Gasteiger charge is 2.33. The second-order valence-corrected chi connectivity index (χ2v) is 6.24. The van der Waals surface area contributed by atoms with E-state index in [-0.39, 0.29) is 12.1 Å². The molecule has 0 radical (unpaired) electrons. The van der Waals surface area contributed by atoms with E-state index in [9.17, 15) is 22.8 Å². The highest BCUT2D eigenvalue weighted by atomic mass is 19.2. The molecule has 0 bridgehead atoms. The molecule has 2 aromatic carbocycles. The molecule has 0 aliphatic carbocycles. The SMILES string of the molecule is O=C1CC(C(=O)Nc2ccc(F)c(F)c2)n2ncc(-c3ccc(F)cc3)c2N1. The normalized spacial score (nSPS) is 15.7. The molecule has 0 saturated carbocycles. The summed E-state index contributed by atoms with van der Waals surface area (Å²) in [6, 6.07) is 7.59. The van der Waals surface area contributed by atoms with Crippen molar-refractivity contribution in [1.29, 1.82) is 0 Å². The van der Waals surface area contributed by atoms with Crippen LogP contribution in [0.25, 0.3) is 11.1 Å². The van der Waals surface area contributed by atoms with Crippen LogP contribution in [-0.4, -0.2) is 21.6 Å². The van der Waals surface area contributed by atoms with E-state index in [1.54, 1.807) is 0 Å². The molecule has 1 aliphatic heterocycles. The van der Waals surface area contributed by atoms with Gasteiger partial charge >= 0.3 is 0 Å². The van der Waals surface area contributed by atoms with Gasteiger partial charge in [0.15, 0.2) is 11.6 Å². The Hall–Kier alpha value is -3.62. The third-order valence-corrected chi connectivity index (χ3v) is 4.37. The predicted molar refractivity (Wildman–Crippen MR) is 94.9 cm³/mol. The summed E-state index contributed by atoms with van der Waals surface area (Å²) < 4.78 is 40.9. The molecule has 142 valence electrons. The standard InChI is InChI=1S/C19H13F3N4O2/c20-11-3-1-10(2-4-11)13-9-23-26-16(8-17(27)25-18(13)26)19(28)24-12-5-6-14(21)15(22)7-12/h1-7,9,16H,8H2,(H,24,28)(H,25,27). The monoisotopic (exact) mass is 386 g/mol. The average molecular weight is 386 g/mol. The number of fused-ring (bicyclic) bond motifs is 1. The van der Waals surface area contributed by atoms with Gasteiger partial charge in [-0.15, -0.1) is 0 Å². The fourth-order valence-electron chi connectivity index (χ4n) is 3.01. The first-order valence-corrected chi connectivity index (χ1v) is 8.31. The second-order valence-electron chi connectivity index (χ2n) is 6.24. The van der Waals surface area contributed by atoms with Crippen molar-refractivity contribution >= 4 is 23.3 Å². The molecular weight excluding hydrogens is 373 g/mol. The molecule has 0 saturated heterocycles. The molecule has 2 amide bonds. The number of carbonyl (C=O) groups is 2. The lowest BCUT2D eigenvalue weighted by Gasteiger charge is -2.24. The van der Waals surface area contributed by atoms with Gasteiger partial charge in [-0.25, -0.2) is 17.9 Å². The molecule has 28 heavy (non-hydrogen) atoms. The molecule has 2 heterocycles. The summed E-state index contributed by atoms with van der Waals surface area (Å²) in [6.07, 6.45) is 1.29. The van der Waals surface area contributed by atoms with Crippen molar-refractivity contribution in [1.82, 2.24) is 9.78 Å². The van der Waals surface area contributed by atoms with Crippen LogP contribution in [0.5, 0.6) is 0 Å². The lowest BCUT2D eigenvalue weighted by molar-refractivity contribution is -0.125. The first kappa shape index (κ1) is 17.8. The van der Waals surface area contributed by atoms with Crippen LogP contribution in [0.4, 0.5) is 24.7 Å². The number of nitrogens with zero attached hydrogens (tertiary/aromatic N) is 2. The summed E-state index contributed by atoms with van der Waals surface area (Å²) >= 11 is 0. The lowest BCUT2D eigenvalue weighted by Crippen LogP contribution is -2.35. The van der Waals surface area contributed by atoms with Gasteiger partial charge < -0.3 is 10.6 Å². The van der Waals surface area contributed by atoms with Gasteiger partial charge in [0.25, 0.3) is 0 Å². The predicted octanol–water partition coefficient (Wildman–Crippen LogP) is 3.49. The van der Waals surface area contributed by atoms with Gasteiger partial charge in [-0.05, 0) is 29.8 Å². The van der Waals surface area contributed by atoms with Crippen LogP contribution in [0.1, 0.15) is 12.5 Å². The van der Waals surface area contributed by atoms with Crippen molar-refractivity contribution in [3.63, 3.8) is 0 Å². The highest BCUT2D eigenvalue weighted by Crippen LogP contribution is 2.34. The number of amides is 2. The van der Waals surface area contributed by atoms with E-state index in [1.807, 2.05) is 0 Å². The van der Waals surface area contributed by atoms with E-state index in [0.29, 0.717) is 16.9 Å². The molecule has 6 nitrogen and oxygen atoms in total. The van der Waals surface area contributed by atoms with E-state index >= 15 is 0 Å². The first-order chi connectivity index (χ1) is 13.4. The second kappa shape index (κ2) is 6.84. The highest BCUT2D eigenvalue weighted by molar-refractivity contribution is 6.03. The molecule has 1 aliphatic rings. The van der Waals surface area contributed by atoms with E-state index in [1.165, 1.54) is 41.2 Å². The molecule has 0 spiro atoms. The van der Waals surface area contributed by atoms with E-state index in [0.717, 1.165) is 12.1 Å². The molecule has 1 atom stereocenters. The minimum absolute atomic E-state index is 0.0577. The Morgan fingerprint density at radius 3 is 2.57 bits per heavy atom. The average Bonchev–Trinajstić information content (AvgIpc) is 3.08. The Morgan fingerprint density at radius 2 is 1.86 bits per heavy atom. The fraction of sp³-hybridized carbons (Fsp3) is 0.105. The van der Waals surface area contributed by atoms with Crippen molar-refractivity contribution in [2.75, 3.05) is 10.6 Å². The largest absolute Gasteiger partial charge is 0.324 e. The third-order valence-electron chi connectivity index (χ3n) is 4.37. The number of anilines is 2. The summed E-state index contributed by atoms with van der Waals surface area (Å²) in [5.74, 6) is -3.24. The Labute approximate surface area is 157 Å². The molecule has 9 heteroatoms. The molecule has 1 aromatic heterocycles. The van der Waals surface area contributed by atoms with Gasteiger partial charge in [0, 0.05) is 17.3 Å². The van der Waals surface area contributed by atoms with Crippen molar-refractivity contribution < 1.29 is 22.8 Å². The quantitative estimate of drug-likeness (QED) is 0.724. The maximum atomic E-state index is 13.4. The Kier molecular flexibility index (Phi) is 4.34. The van der Waals surface area contributed by atoms with Gasteiger partial charge in [0.05, 0.1) is 12.6 Å². The molecule has 4 rings (SSSR count). The fourth-order valence-corrected chi connectivity index (χ4v) is 3.01. The minimum atomic E-state index is -1.10. The molecule has 3 aromatic rings. The summed E-state index contributed by atoms with van der Waals surface area (Å²) in [5.41, 5.74) is 1.20. The number of carbonyl (C=O) groups excluding carboxylic acids is 2. The van der Waals surface area contributed by atoms with Crippen LogP contribution in [0.3, 0.4) is 0 Å². The zero-order chi connectivity index (χ0) is 19.8. The topological polar surface area (TPSA) is 76.0 Å². The van der Waals surface area contributed by atoms with E-state index in [2.05, 4.69) is 15.7 Å². The summed E-state index contributed by atoms with van der Waals surface area (Å²) in [4.78, 5) is 24.8. The van der Waals surface area contributed by atoms with Gasteiger partial charge in [0.2, 0.25) is 11.8 Å². The van der Waals surface area contributed by atoms with E-state index in [4.69, 9.17) is 0 Å². The van der Waals surface area contributed by atoms with Gasteiger partial charge in [-0.2, -0.15) is 5.10 Å². The smallest absolute Gasteiger partial charge is 0.249 e. The summed E-state index contributed by atoms with van der Waals surface area (Å²) in [6.45, 7) is 0. The number of aromatic nitrogens is 2. The maximum Gasteiger partial charge on any atom is 0.249 e. The van der Waals surface area contributed by atoms with Crippen LogP contribution >= 0.6 is 0 Å². The zero-order valence-electron chi connectivity index (χ0n) is 14.2. The molecule has 2 N–H and O–H groups in total. The number of hydrogen-bond acceptors (Lipinski definition) is 3. The van der Waals surface area contributed by atoms with Crippen LogP contribution in [-0.2, 0) is 9.59 Å².